The number of benzene rings is 1. The molecule has 2 atom stereocenters. The van der Waals surface area contributed by atoms with Gasteiger partial charge in [0.15, 0.2) is 0 Å². The van der Waals surface area contributed by atoms with E-state index in [4.69, 9.17) is 0 Å². The second-order valence-electron chi connectivity index (χ2n) is 4.95. The number of carbonyl (C=O) groups excluding carboxylic acids is 1. The standard InChI is InChI=1S/C14H18F2N2O2.ClH/c1-9-6-7-17-8-12(9)18-13(19)10-2-4-11(5-3-10)20-14(15)16;/h2-5,9,12,14,17H,6-8H2,1H3,(H,18,19);1H. The van der Waals surface area contributed by atoms with Crippen LogP contribution in [-0.2, 0) is 0 Å². The van der Waals surface area contributed by atoms with Crippen LogP contribution in [0, 0.1) is 5.92 Å². The van der Waals surface area contributed by atoms with Gasteiger partial charge in [0.2, 0.25) is 0 Å². The van der Waals surface area contributed by atoms with Crippen molar-refractivity contribution in [3.63, 3.8) is 0 Å². The number of rotatable bonds is 4. The Bertz CT molecular complexity index is 457. The van der Waals surface area contributed by atoms with E-state index in [-0.39, 0.29) is 30.1 Å². The lowest BCUT2D eigenvalue weighted by Gasteiger charge is -2.30. The summed E-state index contributed by atoms with van der Waals surface area (Å²) in [7, 11) is 0. The van der Waals surface area contributed by atoms with Gasteiger partial charge in [-0.2, -0.15) is 8.78 Å². The second-order valence-corrected chi connectivity index (χ2v) is 4.95. The molecular formula is C14H19ClF2N2O2. The van der Waals surface area contributed by atoms with Crippen molar-refractivity contribution in [3.8, 4) is 5.75 Å². The normalized spacial score (nSPS) is 21.5. The van der Waals surface area contributed by atoms with Gasteiger partial charge in [-0.3, -0.25) is 4.79 Å². The summed E-state index contributed by atoms with van der Waals surface area (Å²) < 4.78 is 28.3. The average molecular weight is 321 g/mol. The van der Waals surface area contributed by atoms with Gasteiger partial charge in [0, 0.05) is 18.2 Å². The van der Waals surface area contributed by atoms with Crippen LogP contribution in [0.25, 0.3) is 0 Å². The van der Waals surface area contributed by atoms with E-state index in [1.807, 2.05) is 0 Å². The first kappa shape index (κ1) is 17.7. The third-order valence-corrected chi connectivity index (χ3v) is 3.49. The van der Waals surface area contributed by atoms with Crippen molar-refractivity contribution in [2.75, 3.05) is 13.1 Å². The Kier molecular flexibility index (Phi) is 6.84. The fraction of sp³-hybridized carbons (Fsp3) is 0.500. The highest BCUT2D eigenvalue weighted by molar-refractivity contribution is 5.94. The first-order valence-corrected chi connectivity index (χ1v) is 6.62. The average Bonchev–Trinajstić information content (AvgIpc) is 2.41. The van der Waals surface area contributed by atoms with Gasteiger partial charge in [-0.25, -0.2) is 0 Å². The molecular weight excluding hydrogens is 302 g/mol. The van der Waals surface area contributed by atoms with E-state index < -0.39 is 6.61 Å². The van der Waals surface area contributed by atoms with Crippen LogP contribution in [0.15, 0.2) is 24.3 Å². The topological polar surface area (TPSA) is 50.4 Å². The molecule has 1 aliphatic heterocycles. The Balaban J connectivity index is 0.00000220. The fourth-order valence-corrected chi connectivity index (χ4v) is 2.22. The predicted molar refractivity (Wildman–Crippen MR) is 78.2 cm³/mol. The highest BCUT2D eigenvalue weighted by atomic mass is 35.5. The molecule has 1 aliphatic rings. The lowest BCUT2D eigenvalue weighted by atomic mass is 9.94. The summed E-state index contributed by atoms with van der Waals surface area (Å²) in [6, 6.07) is 5.78. The van der Waals surface area contributed by atoms with E-state index in [2.05, 4.69) is 22.3 Å². The summed E-state index contributed by atoms with van der Waals surface area (Å²) >= 11 is 0. The van der Waals surface area contributed by atoms with Crippen molar-refractivity contribution >= 4 is 18.3 Å². The largest absolute Gasteiger partial charge is 0.435 e. The van der Waals surface area contributed by atoms with Gasteiger partial charge in [-0.05, 0) is 43.1 Å². The lowest BCUT2D eigenvalue weighted by Crippen LogP contribution is -2.50. The van der Waals surface area contributed by atoms with Gasteiger partial charge in [0.25, 0.3) is 5.91 Å². The first-order valence-electron chi connectivity index (χ1n) is 6.62. The van der Waals surface area contributed by atoms with Gasteiger partial charge >= 0.3 is 6.61 Å². The van der Waals surface area contributed by atoms with Crippen molar-refractivity contribution in [2.24, 2.45) is 5.92 Å². The molecule has 1 fully saturated rings. The van der Waals surface area contributed by atoms with Crippen LogP contribution < -0.4 is 15.4 Å². The van der Waals surface area contributed by atoms with E-state index in [0.29, 0.717) is 11.5 Å². The SMILES string of the molecule is CC1CCNCC1NC(=O)c1ccc(OC(F)F)cc1.Cl. The maximum absolute atomic E-state index is 12.1. The number of piperidine rings is 1. The van der Waals surface area contributed by atoms with Gasteiger partial charge < -0.3 is 15.4 Å². The maximum atomic E-state index is 12.1. The van der Waals surface area contributed by atoms with Crippen molar-refractivity contribution in [3.05, 3.63) is 29.8 Å². The molecule has 1 heterocycles. The zero-order chi connectivity index (χ0) is 14.5. The summed E-state index contributed by atoms with van der Waals surface area (Å²) in [5, 5.41) is 6.19. The Hall–Kier alpha value is -1.40. The molecule has 1 saturated heterocycles. The zero-order valence-electron chi connectivity index (χ0n) is 11.6. The highest BCUT2D eigenvalue weighted by Crippen LogP contribution is 2.16. The number of nitrogens with one attached hydrogen (secondary N) is 2. The maximum Gasteiger partial charge on any atom is 0.387 e. The number of alkyl halides is 2. The molecule has 0 aliphatic carbocycles. The Labute approximate surface area is 128 Å². The van der Waals surface area contributed by atoms with Crippen molar-refractivity contribution in [1.29, 1.82) is 0 Å². The Morgan fingerprint density at radius 3 is 2.62 bits per heavy atom. The first-order chi connectivity index (χ1) is 9.56. The van der Waals surface area contributed by atoms with E-state index in [0.717, 1.165) is 19.5 Å². The van der Waals surface area contributed by atoms with E-state index >= 15 is 0 Å². The molecule has 0 aromatic heterocycles. The van der Waals surface area contributed by atoms with Crippen LogP contribution in [0.4, 0.5) is 8.78 Å². The Morgan fingerprint density at radius 1 is 1.38 bits per heavy atom. The summed E-state index contributed by atoms with van der Waals surface area (Å²) in [6.07, 6.45) is 1.02. The number of amides is 1. The molecule has 2 rings (SSSR count). The minimum absolute atomic E-state index is 0. The third-order valence-electron chi connectivity index (χ3n) is 3.49. The molecule has 0 radical (unpaired) electrons. The van der Waals surface area contributed by atoms with Crippen molar-refractivity contribution < 1.29 is 18.3 Å². The molecule has 1 aromatic rings. The van der Waals surface area contributed by atoms with Gasteiger partial charge in [0.05, 0.1) is 0 Å². The highest BCUT2D eigenvalue weighted by Gasteiger charge is 2.22. The third kappa shape index (κ3) is 5.13. The van der Waals surface area contributed by atoms with Crippen LogP contribution in [0.2, 0.25) is 0 Å². The van der Waals surface area contributed by atoms with Gasteiger partial charge in [-0.1, -0.05) is 6.92 Å². The molecule has 7 heteroatoms. The summed E-state index contributed by atoms with van der Waals surface area (Å²) in [5.74, 6) is 0.264. The summed E-state index contributed by atoms with van der Waals surface area (Å²) in [5.41, 5.74) is 0.435. The summed E-state index contributed by atoms with van der Waals surface area (Å²) in [6.45, 7) is 0.960. The molecule has 21 heavy (non-hydrogen) atoms. The lowest BCUT2D eigenvalue weighted by molar-refractivity contribution is -0.0498. The van der Waals surface area contributed by atoms with Crippen LogP contribution in [0.5, 0.6) is 5.75 Å². The summed E-state index contributed by atoms with van der Waals surface area (Å²) in [4.78, 5) is 12.1. The molecule has 1 amide bonds. The van der Waals surface area contributed by atoms with Crippen molar-refractivity contribution in [1.82, 2.24) is 10.6 Å². The smallest absolute Gasteiger partial charge is 0.387 e. The molecule has 118 valence electrons. The van der Waals surface area contributed by atoms with Crippen LogP contribution in [0.1, 0.15) is 23.7 Å². The van der Waals surface area contributed by atoms with E-state index in [1.54, 1.807) is 0 Å². The molecule has 4 nitrogen and oxygen atoms in total. The second kappa shape index (κ2) is 8.14. The van der Waals surface area contributed by atoms with Crippen molar-refractivity contribution in [2.45, 2.75) is 26.0 Å². The number of hydrogen-bond acceptors (Lipinski definition) is 3. The van der Waals surface area contributed by atoms with Gasteiger partial charge in [0.1, 0.15) is 5.75 Å². The minimum atomic E-state index is -2.86. The molecule has 0 saturated carbocycles. The quantitative estimate of drug-likeness (QED) is 0.896. The fourth-order valence-electron chi connectivity index (χ4n) is 2.22. The molecule has 2 unspecified atom stereocenters. The number of halogens is 3. The van der Waals surface area contributed by atoms with E-state index in [9.17, 15) is 13.6 Å². The minimum Gasteiger partial charge on any atom is -0.435 e. The number of ether oxygens (including phenoxy) is 1. The number of carbonyl (C=O) groups is 1. The molecule has 2 N–H and O–H groups in total. The molecule has 0 spiro atoms. The van der Waals surface area contributed by atoms with E-state index in [1.165, 1.54) is 24.3 Å². The Morgan fingerprint density at radius 2 is 2.05 bits per heavy atom. The van der Waals surface area contributed by atoms with Crippen LogP contribution in [-0.4, -0.2) is 31.7 Å². The zero-order valence-corrected chi connectivity index (χ0v) is 12.5. The van der Waals surface area contributed by atoms with Crippen LogP contribution >= 0.6 is 12.4 Å². The monoisotopic (exact) mass is 320 g/mol. The predicted octanol–water partition coefficient (Wildman–Crippen LogP) is 2.44. The molecule has 0 bridgehead atoms. The van der Waals surface area contributed by atoms with Gasteiger partial charge in [-0.15, -0.1) is 12.4 Å². The molecule has 1 aromatic carbocycles. The number of hydrogen-bond donors (Lipinski definition) is 2. The van der Waals surface area contributed by atoms with Crippen LogP contribution in [0.3, 0.4) is 0 Å².